The van der Waals surface area contributed by atoms with Gasteiger partial charge in [-0.15, -0.1) is 0 Å². The molecule has 0 spiro atoms. The largest absolute Gasteiger partial charge is 0.480 e. The van der Waals surface area contributed by atoms with Crippen LogP contribution in [0.5, 0.6) is 0 Å². The third-order valence-corrected chi connectivity index (χ3v) is 5.70. The van der Waals surface area contributed by atoms with Crippen molar-refractivity contribution in [1.29, 1.82) is 0 Å². The fraction of sp³-hybridized carbons (Fsp3) is 0.450. The first-order valence-electron chi connectivity index (χ1n) is 9.30. The van der Waals surface area contributed by atoms with Crippen LogP contribution in [0.1, 0.15) is 59.9 Å². The molecule has 1 saturated carbocycles. The molecule has 1 heterocycles. The Morgan fingerprint density at radius 3 is 2.50 bits per heavy atom. The molecule has 0 saturated heterocycles. The number of benzene rings is 1. The first kappa shape index (κ1) is 16.8. The molecule has 0 aliphatic heterocycles. The summed E-state index contributed by atoms with van der Waals surface area (Å²) in [5.41, 5.74) is 3.48. The van der Waals surface area contributed by atoms with Crippen molar-refractivity contribution in [2.75, 3.05) is 0 Å². The molecule has 6 nitrogen and oxygen atoms in total. The Labute approximate surface area is 152 Å². The van der Waals surface area contributed by atoms with E-state index in [0.29, 0.717) is 18.5 Å². The molecule has 1 amide bonds. The molecule has 1 aromatic heterocycles. The topological polar surface area (TPSA) is 84.2 Å². The first-order valence-corrected chi connectivity index (χ1v) is 9.30. The number of carboxylic acid groups (broad SMARTS) is 1. The van der Waals surface area contributed by atoms with Gasteiger partial charge in [0.25, 0.3) is 5.91 Å². The number of aromatic nitrogens is 2. The van der Waals surface area contributed by atoms with E-state index < -0.39 is 11.5 Å². The molecule has 2 N–H and O–H groups in total. The monoisotopic (exact) mass is 353 g/mol. The fourth-order valence-corrected chi connectivity index (χ4v) is 3.91. The molecular formula is C20H23N3O3. The maximum Gasteiger partial charge on any atom is 0.329 e. The number of nitrogens with one attached hydrogen (secondary N) is 1. The Kier molecular flexibility index (Phi) is 4.05. The van der Waals surface area contributed by atoms with Gasteiger partial charge in [0.05, 0.1) is 5.69 Å². The molecule has 2 aliphatic rings. The quantitative estimate of drug-likeness (QED) is 0.865. The smallest absolute Gasteiger partial charge is 0.329 e. The van der Waals surface area contributed by atoms with E-state index in [9.17, 15) is 14.7 Å². The van der Waals surface area contributed by atoms with Gasteiger partial charge in [0.1, 0.15) is 5.54 Å². The molecule has 6 heteroatoms. The standard InChI is InChI=1S/C20H23N3O3/c1-2-13-7-9-14(10-8-13)23-16-6-3-5-15(16)17(22-23)18(24)21-20(19(25)26)11-4-12-20/h7-10H,2-6,11-12H2,1H3,(H,21,24)(H,25,26). The summed E-state index contributed by atoms with van der Waals surface area (Å²) in [7, 11) is 0. The number of rotatable bonds is 5. The van der Waals surface area contributed by atoms with Crippen LogP contribution in [-0.2, 0) is 24.1 Å². The van der Waals surface area contributed by atoms with Crippen molar-refractivity contribution >= 4 is 11.9 Å². The van der Waals surface area contributed by atoms with Gasteiger partial charge in [-0.2, -0.15) is 5.10 Å². The summed E-state index contributed by atoms with van der Waals surface area (Å²) in [4.78, 5) is 24.4. The Balaban J connectivity index is 1.67. The highest BCUT2D eigenvalue weighted by Gasteiger charge is 2.46. The molecule has 136 valence electrons. The molecule has 2 aliphatic carbocycles. The number of hydrogen-bond acceptors (Lipinski definition) is 3. The van der Waals surface area contributed by atoms with Gasteiger partial charge in [-0.1, -0.05) is 19.1 Å². The summed E-state index contributed by atoms with van der Waals surface area (Å²) in [6, 6.07) is 8.20. The van der Waals surface area contributed by atoms with Crippen LogP contribution in [0.4, 0.5) is 0 Å². The molecule has 0 unspecified atom stereocenters. The number of nitrogens with zero attached hydrogens (tertiary/aromatic N) is 2. The Hall–Kier alpha value is -2.63. The van der Waals surface area contributed by atoms with Crippen LogP contribution in [0.2, 0.25) is 0 Å². The van der Waals surface area contributed by atoms with E-state index in [1.165, 1.54) is 5.56 Å². The van der Waals surface area contributed by atoms with Crippen LogP contribution < -0.4 is 5.32 Å². The van der Waals surface area contributed by atoms with Gasteiger partial charge < -0.3 is 10.4 Å². The van der Waals surface area contributed by atoms with E-state index in [1.54, 1.807) is 0 Å². The van der Waals surface area contributed by atoms with Gasteiger partial charge >= 0.3 is 5.97 Å². The zero-order valence-electron chi connectivity index (χ0n) is 14.9. The Bertz CT molecular complexity index is 863. The van der Waals surface area contributed by atoms with Crippen LogP contribution >= 0.6 is 0 Å². The van der Waals surface area contributed by atoms with E-state index in [-0.39, 0.29) is 5.91 Å². The maximum atomic E-state index is 12.8. The lowest BCUT2D eigenvalue weighted by Crippen LogP contribution is -2.59. The van der Waals surface area contributed by atoms with Gasteiger partial charge in [0.2, 0.25) is 0 Å². The van der Waals surface area contributed by atoms with E-state index in [4.69, 9.17) is 0 Å². The molecule has 1 aromatic carbocycles. The van der Waals surface area contributed by atoms with Crippen molar-refractivity contribution in [2.24, 2.45) is 0 Å². The van der Waals surface area contributed by atoms with Crippen molar-refractivity contribution in [3.8, 4) is 5.69 Å². The highest BCUT2D eigenvalue weighted by Crippen LogP contribution is 2.33. The summed E-state index contributed by atoms with van der Waals surface area (Å²) in [5, 5.41) is 16.8. The van der Waals surface area contributed by atoms with Crippen molar-refractivity contribution in [1.82, 2.24) is 15.1 Å². The van der Waals surface area contributed by atoms with Crippen molar-refractivity contribution in [3.63, 3.8) is 0 Å². The predicted octanol–water partition coefficient (Wildman–Crippen LogP) is 2.66. The molecule has 0 atom stereocenters. The normalized spacial score (nSPS) is 17.4. The second kappa shape index (κ2) is 6.27. The highest BCUT2D eigenvalue weighted by atomic mass is 16.4. The van der Waals surface area contributed by atoms with Crippen molar-refractivity contribution in [3.05, 3.63) is 46.8 Å². The third kappa shape index (κ3) is 2.60. The van der Waals surface area contributed by atoms with Gasteiger partial charge in [0.15, 0.2) is 5.69 Å². The molecular weight excluding hydrogens is 330 g/mol. The molecule has 0 bridgehead atoms. The highest BCUT2D eigenvalue weighted by molar-refractivity contribution is 5.98. The minimum atomic E-state index is -1.12. The second-order valence-electron chi connectivity index (χ2n) is 7.25. The summed E-state index contributed by atoms with van der Waals surface area (Å²) in [6.07, 6.45) is 5.45. The van der Waals surface area contributed by atoms with E-state index >= 15 is 0 Å². The number of hydrogen-bond donors (Lipinski definition) is 2. The minimum absolute atomic E-state index is 0.367. The summed E-state index contributed by atoms with van der Waals surface area (Å²) < 4.78 is 1.85. The third-order valence-electron chi connectivity index (χ3n) is 5.70. The van der Waals surface area contributed by atoms with Gasteiger partial charge in [-0.3, -0.25) is 4.79 Å². The Morgan fingerprint density at radius 2 is 1.92 bits per heavy atom. The van der Waals surface area contributed by atoms with Crippen molar-refractivity contribution < 1.29 is 14.7 Å². The average molecular weight is 353 g/mol. The number of aryl methyl sites for hydroxylation is 1. The van der Waals surface area contributed by atoms with Gasteiger partial charge in [0, 0.05) is 11.3 Å². The molecule has 4 rings (SSSR count). The number of carboxylic acids is 1. The van der Waals surface area contributed by atoms with Crippen LogP contribution in [-0.4, -0.2) is 32.3 Å². The zero-order valence-corrected chi connectivity index (χ0v) is 14.9. The summed E-state index contributed by atoms with van der Waals surface area (Å²) in [5.74, 6) is -1.32. The number of carbonyl (C=O) groups is 2. The van der Waals surface area contributed by atoms with E-state index in [2.05, 4.69) is 29.5 Å². The number of fused-ring (bicyclic) bond motifs is 1. The molecule has 0 radical (unpaired) electrons. The minimum Gasteiger partial charge on any atom is -0.480 e. The maximum absolute atomic E-state index is 12.8. The average Bonchev–Trinajstić information content (AvgIpc) is 3.20. The van der Waals surface area contributed by atoms with Crippen LogP contribution in [0.25, 0.3) is 5.69 Å². The molecule has 1 fully saturated rings. The zero-order chi connectivity index (χ0) is 18.3. The van der Waals surface area contributed by atoms with E-state index in [1.807, 2.05) is 16.8 Å². The van der Waals surface area contributed by atoms with Crippen LogP contribution in [0.15, 0.2) is 24.3 Å². The van der Waals surface area contributed by atoms with Crippen LogP contribution in [0.3, 0.4) is 0 Å². The molecule has 26 heavy (non-hydrogen) atoms. The van der Waals surface area contributed by atoms with E-state index in [0.717, 1.165) is 49.0 Å². The summed E-state index contributed by atoms with van der Waals surface area (Å²) >= 11 is 0. The molecule has 2 aromatic rings. The van der Waals surface area contributed by atoms with Crippen molar-refractivity contribution in [2.45, 2.75) is 57.4 Å². The lowest BCUT2D eigenvalue weighted by atomic mass is 9.76. The van der Waals surface area contributed by atoms with Crippen LogP contribution in [0, 0.1) is 0 Å². The predicted molar refractivity (Wildman–Crippen MR) is 96.7 cm³/mol. The van der Waals surface area contributed by atoms with Gasteiger partial charge in [-0.25, -0.2) is 9.48 Å². The fourth-order valence-electron chi connectivity index (χ4n) is 3.91. The Morgan fingerprint density at radius 1 is 1.19 bits per heavy atom. The lowest BCUT2D eigenvalue weighted by molar-refractivity contribution is -0.148. The first-order chi connectivity index (χ1) is 12.5. The lowest BCUT2D eigenvalue weighted by Gasteiger charge is -2.38. The second-order valence-corrected chi connectivity index (χ2v) is 7.25. The number of amides is 1. The number of carbonyl (C=O) groups excluding carboxylic acids is 1. The SMILES string of the molecule is CCc1ccc(-n2nc(C(=O)NC3(C(=O)O)CCC3)c3c2CCC3)cc1. The summed E-state index contributed by atoms with van der Waals surface area (Å²) in [6.45, 7) is 2.11. The number of aliphatic carboxylic acids is 1. The van der Waals surface area contributed by atoms with Gasteiger partial charge in [-0.05, 0) is 62.6 Å².